The van der Waals surface area contributed by atoms with Crippen molar-refractivity contribution in [1.82, 2.24) is 4.57 Å². The van der Waals surface area contributed by atoms with Crippen LogP contribution in [-0.4, -0.2) is 17.0 Å². The van der Waals surface area contributed by atoms with Gasteiger partial charge in [0, 0.05) is 24.5 Å². The highest BCUT2D eigenvalue weighted by atomic mass is 16.2. The molecule has 0 fully saturated rings. The number of hydrogen-bond donors (Lipinski definition) is 0. The minimum Gasteiger partial charge on any atom is -0.310 e. The lowest BCUT2D eigenvalue weighted by atomic mass is 10.2. The molecule has 4 heteroatoms. The SMILES string of the molecule is O=C(Cn1ccccc1=O)N1CCc2ccccc21. The third-order valence-electron chi connectivity index (χ3n) is 3.39. The lowest BCUT2D eigenvalue weighted by Gasteiger charge is -2.17. The van der Waals surface area contributed by atoms with Crippen molar-refractivity contribution in [3.05, 3.63) is 64.6 Å². The molecule has 19 heavy (non-hydrogen) atoms. The average molecular weight is 254 g/mol. The minimum atomic E-state index is -0.150. The van der Waals surface area contributed by atoms with E-state index in [-0.39, 0.29) is 18.0 Å². The molecule has 0 radical (unpaired) electrons. The Kier molecular flexibility index (Phi) is 2.91. The Balaban J connectivity index is 1.83. The van der Waals surface area contributed by atoms with Crippen LogP contribution in [0.5, 0.6) is 0 Å². The standard InChI is InChI=1S/C15H14N2O2/c18-14-7-3-4-9-16(14)11-15(19)17-10-8-12-5-1-2-6-13(12)17/h1-7,9H,8,10-11H2. The van der Waals surface area contributed by atoms with Gasteiger partial charge in [0.25, 0.3) is 5.56 Å². The number of hydrogen-bond acceptors (Lipinski definition) is 2. The van der Waals surface area contributed by atoms with Crippen molar-refractivity contribution in [2.24, 2.45) is 0 Å². The van der Waals surface area contributed by atoms with Crippen LogP contribution in [0.15, 0.2) is 53.5 Å². The number of para-hydroxylation sites is 1. The second kappa shape index (κ2) is 4.72. The molecule has 96 valence electrons. The second-order valence-corrected chi connectivity index (χ2v) is 4.59. The van der Waals surface area contributed by atoms with Gasteiger partial charge in [0.15, 0.2) is 0 Å². The molecule has 0 saturated carbocycles. The van der Waals surface area contributed by atoms with Gasteiger partial charge in [-0.1, -0.05) is 24.3 Å². The van der Waals surface area contributed by atoms with E-state index in [2.05, 4.69) is 0 Å². The normalized spacial score (nSPS) is 13.4. The van der Waals surface area contributed by atoms with E-state index in [0.717, 1.165) is 12.1 Å². The van der Waals surface area contributed by atoms with Gasteiger partial charge in [-0.3, -0.25) is 9.59 Å². The summed E-state index contributed by atoms with van der Waals surface area (Å²) < 4.78 is 1.43. The van der Waals surface area contributed by atoms with Crippen LogP contribution in [-0.2, 0) is 17.8 Å². The van der Waals surface area contributed by atoms with Gasteiger partial charge in [-0.05, 0) is 24.1 Å². The zero-order chi connectivity index (χ0) is 13.2. The summed E-state index contributed by atoms with van der Waals surface area (Å²) in [4.78, 5) is 25.7. The molecular weight excluding hydrogens is 240 g/mol. The van der Waals surface area contributed by atoms with Crippen molar-refractivity contribution >= 4 is 11.6 Å². The lowest BCUT2D eigenvalue weighted by molar-refractivity contribution is -0.119. The average Bonchev–Trinajstić information content (AvgIpc) is 2.85. The zero-order valence-electron chi connectivity index (χ0n) is 10.5. The number of aromatic nitrogens is 1. The van der Waals surface area contributed by atoms with Gasteiger partial charge in [-0.2, -0.15) is 0 Å². The first-order chi connectivity index (χ1) is 9.25. The smallest absolute Gasteiger partial charge is 0.250 e. The number of pyridine rings is 1. The van der Waals surface area contributed by atoms with Gasteiger partial charge < -0.3 is 9.47 Å². The Labute approximate surface area is 110 Å². The van der Waals surface area contributed by atoms with Crippen LogP contribution in [0.2, 0.25) is 0 Å². The van der Waals surface area contributed by atoms with E-state index in [1.54, 1.807) is 23.2 Å². The van der Waals surface area contributed by atoms with Crippen molar-refractivity contribution < 1.29 is 4.79 Å². The van der Waals surface area contributed by atoms with Crippen molar-refractivity contribution in [2.45, 2.75) is 13.0 Å². The van der Waals surface area contributed by atoms with E-state index in [1.807, 2.05) is 24.3 Å². The summed E-state index contributed by atoms with van der Waals surface area (Å²) in [6.45, 7) is 0.785. The van der Waals surface area contributed by atoms with E-state index in [1.165, 1.54) is 16.2 Å². The van der Waals surface area contributed by atoms with Gasteiger partial charge in [0.1, 0.15) is 6.54 Å². The molecule has 2 heterocycles. The van der Waals surface area contributed by atoms with E-state index >= 15 is 0 Å². The van der Waals surface area contributed by atoms with Gasteiger partial charge in [-0.15, -0.1) is 0 Å². The number of benzene rings is 1. The highest BCUT2D eigenvalue weighted by Gasteiger charge is 2.24. The molecule has 1 amide bonds. The highest BCUT2D eigenvalue weighted by molar-refractivity contribution is 5.95. The first-order valence-electron chi connectivity index (χ1n) is 6.29. The van der Waals surface area contributed by atoms with Crippen LogP contribution in [0.3, 0.4) is 0 Å². The molecule has 0 bridgehead atoms. The molecule has 0 unspecified atom stereocenters. The summed E-state index contributed by atoms with van der Waals surface area (Å²) in [5.74, 6) is -0.0433. The molecule has 0 aliphatic carbocycles. The van der Waals surface area contributed by atoms with Crippen molar-refractivity contribution in [3.8, 4) is 0 Å². The number of carbonyl (C=O) groups excluding carboxylic acids is 1. The molecule has 1 aromatic heterocycles. The zero-order valence-corrected chi connectivity index (χ0v) is 10.5. The largest absolute Gasteiger partial charge is 0.310 e. The number of nitrogens with zero attached hydrogens (tertiary/aromatic N) is 2. The van der Waals surface area contributed by atoms with Gasteiger partial charge in [-0.25, -0.2) is 0 Å². The van der Waals surface area contributed by atoms with Crippen LogP contribution in [0.4, 0.5) is 5.69 Å². The van der Waals surface area contributed by atoms with Gasteiger partial charge in [0.2, 0.25) is 5.91 Å². The molecule has 1 aromatic carbocycles. The summed E-state index contributed by atoms with van der Waals surface area (Å²) in [7, 11) is 0. The molecule has 0 saturated heterocycles. The van der Waals surface area contributed by atoms with Crippen LogP contribution in [0.25, 0.3) is 0 Å². The van der Waals surface area contributed by atoms with Gasteiger partial charge in [0.05, 0.1) is 0 Å². The van der Waals surface area contributed by atoms with Crippen LogP contribution in [0, 0.1) is 0 Å². The molecule has 0 spiro atoms. The van der Waals surface area contributed by atoms with Crippen LogP contribution >= 0.6 is 0 Å². The predicted octanol–water partition coefficient (Wildman–Crippen LogP) is 1.44. The van der Waals surface area contributed by atoms with Crippen molar-refractivity contribution in [1.29, 1.82) is 0 Å². The Morgan fingerprint density at radius 1 is 1.11 bits per heavy atom. The fourth-order valence-electron chi connectivity index (χ4n) is 2.42. The molecule has 4 nitrogen and oxygen atoms in total. The Hall–Kier alpha value is -2.36. The molecule has 0 atom stereocenters. The topological polar surface area (TPSA) is 42.3 Å². The van der Waals surface area contributed by atoms with E-state index in [0.29, 0.717) is 6.54 Å². The Bertz CT molecular complexity index is 676. The maximum absolute atomic E-state index is 12.3. The van der Waals surface area contributed by atoms with Crippen molar-refractivity contribution in [3.63, 3.8) is 0 Å². The first-order valence-corrected chi connectivity index (χ1v) is 6.29. The third-order valence-corrected chi connectivity index (χ3v) is 3.39. The maximum atomic E-state index is 12.3. The fourth-order valence-corrected chi connectivity index (χ4v) is 2.42. The summed E-state index contributed by atoms with van der Waals surface area (Å²) in [5, 5.41) is 0. The molecule has 3 rings (SSSR count). The molecule has 2 aromatic rings. The summed E-state index contributed by atoms with van der Waals surface area (Å²) in [5.41, 5.74) is 2.01. The van der Waals surface area contributed by atoms with Gasteiger partial charge >= 0.3 is 0 Å². The molecule has 0 N–H and O–H groups in total. The third kappa shape index (κ3) is 2.17. The molecule has 1 aliphatic rings. The Morgan fingerprint density at radius 2 is 1.89 bits per heavy atom. The second-order valence-electron chi connectivity index (χ2n) is 4.59. The number of carbonyl (C=O) groups is 1. The van der Waals surface area contributed by atoms with Crippen molar-refractivity contribution in [2.75, 3.05) is 11.4 Å². The van der Waals surface area contributed by atoms with Crippen LogP contribution < -0.4 is 10.5 Å². The first kappa shape index (κ1) is 11.7. The number of fused-ring (bicyclic) bond motifs is 1. The minimum absolute atomic E-state index is 0.0433. The Morgan fingerprint density at radius 3 is 2.74 bits per heavy atom. The quantitative estimate of drug-likeness (QED) is 0.813. The molecule has 1 aliphatic heterocycles. The number of anilines is 1. The monoisotopic (exact) mass is 254 g/mol. The highest BCUT2D eigenvalue weighted by Crippen LogP contribution is 2.27. The van der Waals surface area contributed by atoms with E-state index in [4.69, 9.17) is 0 Å². The summed E-state index contributed by atoms with van der Waals surface area (Å²) >= 11 is 0. The fraction of sp³-hybridized carbons (Fsp3) is 0.200. The summed E-state index contributed by atoms with van der Waals surface area (Å²) in [6, 6.07) is 12.8. The predicted molar refractivity (Wildman–Crippen MR) is 73.2 cm³/mol. The lowest BCUT2D eigenvalue weighted by Crippen LogP contribution is -2.35. The summed E-state index contributed by atoms with van der Waals surface area (Å²) in [6.07, 6.45) is 2.52. The van der Waals surface area contributed by atoms with Crippen LogP contribution in [0.1, 0.15) is 5.56 Å². The number of rotatable bonds is 2. The number of amides is 1. The van der Waals surface area contributed by atoms with E-state index < -0.39 is 0 Å². The molecular formula is C15H14N2O2. The maximum Gasteiger partial charge on any atom is 0.250 e. The van der Waals surface area contributed by atoms with E-state index in [9.17, 15) is 9.59 Å².